The Hall–Kier alpha value is -0.120. The maximum Gasteiger partial charge on any atom is 0.0229 e. The van der Waals surface area contributed by atoms with Gasteiger partial charge in [-0.05, 0) is 98.2 Å². The molecule has 0 aliphatic heterocycles. The molecule has 0 aromatic heterocycles. The first-order valence-electron chi connectivity index (χ1n) is 10.7. The summed E-state index contributed by atoms with van der Waals surface area (Å²) < 4.78 is 0. The van der Waals surface area contributed by atoms with Crippen molar-refractivity contribution in [1.29, 1.82) is 0 Å². The molecule has 0 aromatic rings. The molecule has 4 aliphatic rings. The van der Waals surface area contributed by atoms with E-state index < -0.39 is 0 Å². The molecule has 0 aromatic carbocycles. The molecule has 0 heterocycles. The van der Waals surface area contributed by atoms with Gasteiger partial charge in [0.25, 0.3) is 0 Å². The Morgan fingerprint density at radius 3 is 2.42 bits per heavy atom. The molecule has 4 fully saturated rings. The number of fused-ring (bicyclic) bond motifs is 5. The van der Waals surface area contributed by atoms with Gasteiger partial charge in [-0.1, -0.05) is 27.2 Å². The molecular formula is C21H39N3. The number of nitrogens with one attached hydrogen (secondary N) is 2. The predicted molar refractivity (Wildman–Crippen MR) is 99.8 cm³/mol. The van der Waals surface area contributed by atoms with Crippen LogP contribution in [0.4, 0.5) is 0 Å². The van der Waals surface area contributed by atoms with E-state index in [-0.39, 0.29) is 0 Å². The number of hydrogen-bond donors (Lipinski definition) is 3. The Balaban J connectivity index is 1.54. The quantitative estimate of drug-likeness (QED) is 0.530. The van der Waals surface area contributed by atoms with Gasteiger partial charge in [-0.3, -0.25) is 5.84 Å². The number of hydrogen-bond acceptors (Lipinski definition) is 3. The molecule has 3 heteroatoms. The van der Waals surface area contributed by atoms with E-state index in [1.807, 2.05) is 0 Å². The first kappa shape index (κ1) is 17.3. The van der Waals surface area contributed by atoms with Gasteiger partial charge in [0.15, 0.2) is 0 Å². The van der Waals surface area contributed by atoms with E-state index in [0.29, 0.717) is 16.9 Å². The maximum absolute atomic E-state index is 5.50. The Labute approximate surface area is 148 Å². The SMILES string of the molecule is CCC1CCC2C3CCC4CC(NNN)CCC4(C)C3CCC12C. The Morgan fingerprint density at radius 1 is 0.917 bits per heavy atom. The smallest absolute Gasteiger partial charge is 0.0229 e. The van der Waals surface area contributed by atoms with Crippen molar-refractivity contribution in [3.8, 4) is 0 Å². The van der Waals surface area contributed by atoms with Crippen molar-refractivity contribution in [2.75, 3.05) is 0 Å². The van der Waals surface area contributed by atoms with Gasteiger partial charge < -0.3 is 0 Å². The molecule has 8 atom stereocenters. The summed E-state index contributed by atoms with van der Waals surface area (Å²) in [5, 5.41) is 0. The van der Waals surface area contributed by atoms with E-state index >= 15 is 0 Å². The summed E-state index contributed by atoms with van der Waals surface area (Å²) in [5.41, 5.74) is 7.26. The van der Waals surface area contributed by atoms with E-state index in [0.717, 1.165) is 29.6 Å². The topological polar surface area (TPSA) is 50.1 Å². The second-order valence-corrected chi connectivity index (χ2v) is 10.1. The van der Waals surface area contributed by atoms with Crippen molar-refractivity contribution < 1.29 is 0 Å². The van der Waals surface area contributed by atoms with E-state index in [1.54, 1.807) is 0 Å². The van der Waals surface area contributed by atoms with Crippen LogP contribution in [0.2, 0.25) is 0 Å². The second kappa shape index (κ2) is 6.25. The zero-order valence-electron chi connectivity index (χ0n) is 16.1. The van der Waals surface area contributed by atoms with Crippen molar-refractivity contribution in [3.63, 3.8) is 0 Å². The van der Waals surface area contributed by atoms with E-state index in [4.69, 9.17) is 5.84 Å². The molecule has 0 saturated heterocycles. The molecule has 0 spiro atoms. The maximum atomic E-state index is 5.50. The molecule has 4 saturated carbocycles. The summed E-state index contributed by atoms with van der Waals surface area (Å²) in [4.78, 5) is 0. The largest absolute Gasteiger partial charge is 0.258 e. The lowest BCUT2D eigenvalue weighted by Gasteiger charge is -2.61. The van der Waals surface area contributed by atoms with Crippen LogP contribution in [0.25, 0.3) is 0 Å². The summed E-state index contributed by atoms with van der Waals surface area (Å²) in [7, 11) is 0. The van der Waals surface area contributed by atoms with Gasteiger partial charge >= 0.3 is 0 Å². The average Bonchev–Trinajstić information content (AvgIpc) is 2.92. The van der Waals surface area contributed by atoms with Crippen LogP contribution in [0, 0.1) is 40.4 Å². The Bertz CT molecular complexity index is 466. The van der Waals surface area contributed by atoms with Crippen LogP contribution in [-0.4, -0.2) is 6.04 Å². The van der Waals surface area contributed by atoms with E-state index in [2.05, 4.69) is 31.7 Å². The minimum atomic E-state index is 0.578. The standard InChI is InChI=1S/C21H39N3/c1-4-14-6-8-18-17-7-5-15-13-16(23-24-22)9-11-21(15,3)19(17)10-12-20(14,18)2/h14-19,23-24H,4-13,22H2,1-3H3. The highest BCUT2D eigenvalue weighted by Gasteiger charge is 2.59. The van der Waals surface area contributed by atoms with Crippen LogP contribution in [0.15, 0.2) is 0 Å². The molecule has 0 amide bonds. The first-order chi connectivity index (χ1) is 11.5. The highest BCUT2D eigenvalue weighted by atomic mass is 15.5. The van der Waals surface area contributed by atoms with Crippen LogP contribution in [0.5, 0.6) is 0 Å². The Kier molecular flexibility index (Phi) is 4.50. The molecular weight excluding hydrogens is 294 g/mol. The fourth-order valence-corrected chi connectivity index (χ4v) is 8.29. The lowest BCUT2D eigenvalue weighted by atomic mass is 9.44. The van der Waals surface area contributed by atoms with Crippen molar-refractivity contribution in [3.05, 3.63) is 0 Å². The van der Waals surface area contributed by atoms with Gasteiger partial charge in [0.2, 0.25) is 0 Å². The average molecular weight is 334 g/mol. The predicted octanol–water partition coefficient (Wildman–Crippen LogP) is 4.39. The van der Waals surface area contributed by atoms with Crippen LogP contribution < -0.4 is 16.8 Å². The highest BCUT2D eigenvalue weighted by Crippen LogP contribution is 2.67. The minimum absolute atomic E-state index is 0.578. The highest BCUT2D eigenvalue weighted by molar-refractivity contribution is 5.09. The van der Waals surface area contributed by atoms with Gasteiger partial charge in [-0.2, -0.15) is 5.53 Å². The molecule has 0 bridgehead atoms. The molecule has 138 valence electrons. The number of hydrazine groups is 2. The third-order valence-corrected chi connectivity index (χ3v) is 9.64. The lowest BCUT2D eigenvalue weighted by molar-refractivity contribution is -0.115. The number of nitrogens with two attached hydrogens (primary N) is 1. The van der Waals surface area contributed by atoms with E-state index in [1.165, 1.54) is 64.2 Å². The Morgan fingerprint density at radius 2 is 1.67 bits per heavy atom. The fourth-order valence-electron chi connectivity index (χ4n) is 8.29. The van der Waals surface area contributed by atoms with E-state index in [9.17, 15) is 0 Å². The van der Waals surface area contributed by atoms with Gasteiger partial charge in [-0.25, -0.2) is 5.43 Å². The van der Waals surface area contributed by atoms with Gasteiger partial charge in [0.1, 0.15) is 0 Å². The molecule has 4 aliphatic carbocycles. The van der Waals surface area contributed by atoms with Crippen LogP contribution in [-0.2, 0) is 0 Å². The summed E-state index contributed by atoms with van der Waals surface area (Å²) in [6.07, 6.45) is 14.4. The molecule has 4 rings (SSSR count). The van der Waals surface area contributed by atoms with Gasteiger partial charge in [-0.15, -0.1) is 0 Å². The van der Waals surface area contributed by atoms with Crippen LogP contribution >= 0.6 is 0 Å². The summed E-state index contributed by atoms with van der Waals surface area (Å²) in [5.74, 6) is 10.5. The van der Waals surface area contributed by atoms with Crippen molar-refractivity contribution >= 4 is 0 Å². The summed E-state index contributed by atoms with van der Waals surface area (Å²) >= 11 is 0. The third-order valence-electron chi connectivity index (χ3n) is 9.64. The van der Waals surface area contributed by atoms with Crippen molar-refractivity contribution in [2.45, 2.75) is 91.0 Å². The van der Waals surface area contributed by atoms with Gasteiger partial charge in [0.05, 0.1) is 0 Å². The normalized spacial score (nSPS) is 54.0. The number of rotatable bonds is 3. The lowest BCUT2D eigenvalue weighted by Crippen LogP contribution is -2.56. The molecule has 24 heavy (non-hydrogen) atoms. The first-order valence-corrected chi connectivity index (χ1v) is 10.7. The van der Waals surface area contributed by atoms with Crippen molar-refractivity contribution in [2.24, 2.45) is 46.3 Å². The van der Waals surface area contributed by atoms with Gasteiger partial charge in [0, 0.05) is 6.04 Å². The monoisotopic (exact) mass is 333 g/mol. The van der Waals surface area contributed by atoms with Crippen molar-refractivity contribution in [1.82, 2.24) is 11.0 Å². The third kappa shape index (κ3) is 2.41. The fraction of sp³-hybridized carbons (Fsp3) is 1.00. The van der Waals surface area contributed by atoms with Crippen LogP contribution in [0.3, 0.4) is 0 Å². The molecule has 4 N–H and O–H groups in total. The molecule has 0 radical (unpaired) electrons. The second-order valence-electron chi connectivity index (χ2n) is 10.1. The molecule has 3 nitrogen and oxygen atoms in total. The summed E-state index contributed by atoms with van der Waals surface area (Å²) in [6.45, 7) is 7.76. The zero-order valence-corrected chi connectivity index (χ0v) is 16.1. The minimum Gasteiger partial charge on any atom is -0.258 e. The zero-order chi connectivity index (χ0) is 16.9. The summed E-state index contributed by atoms with van der Waals surface area (Å²) in [6, 6.07) is 0.578. The van der Waals surface area contributed by atoms with Crippen LogP contribution in [0.1, 0.15) is 85.0 Å². The molecule has 8 unspecified atom stereocenters.